The molecule has 2 aromatic rings. The van der Waals surface area contributed by atoms with E-state index < -0.39 is 23.4 Å². The molecule has 0 bridgehead atoms. The first-order chi connectivity index (χ1) is 11.5. The molecule has 0 fully saturated rings. The van der Waals surface area contributed by atoms with Crippen LogP contribution in [0.4, 0.5) is 9.59 Å². The van der Waals surface area contributed by atoms with E-state index >= 15 is 0 Å². The summed E-state index contributed by atoms with van der Waals surface area (Å²) in [7, 11) is 0. The van der Waals surface area contributed by atoms with Gasteiger partial charge < -0.3 is 14.8 Å². The van der Waals surface area contributed by atoms with Crippen molar-refractivity contribution in [3.63, 3.8) is 0 Å². The van der Waals surface area contributed by atoms with Crippen LogP contribution in [0.25, 0.3) is 10.9 Å². The number of nitrogens with one attached hydrogen (secondary N) is 1. The van der Waals surface area contributed by atoms with Crippen molar-refractivity contribution in [3.05, 3.63) is 30.2 Å². The third-order valence-corrected chi connectivity index (χ3v) is 3.07. The van der Waals surface area contributed by atoms with Crippen LogP contribution < -0.4 is 5.32 Å². The lowest BCUT2D eigenvalue weighted by atomic mass is 10.2. The SMILES string of the molecule is CC(C)(C)OC(=O)NCc1cc2ccncc2n1C(=O)OC(C)(C)C. The number of fused-ring (bicyclic) bond motifs is 1. The lowest BCUT2D eigenvalue weighted by Gasteiger charge is -2.21. The molecule has 0 radical (unpaired) electrons. The second-order valence-corrected chi connectivity index (χ2v) is 7.74. The molecule has 2 aromatic heterocycles. The Balaban J connectivity index is 2.28. The van der Waals surface area contributed by atoms with E-state index in [4.69, 9.17) is 9.47 Å². The van der Waals surface area contributed by atoms with Crippen LogP contribution in [0.3, 0.4) is 0 Å². The quantitative estimate of drug-likeness (QED) is 0.892. The molecule has 0 saturated heterocycles. The van der Waals surface area contributed by atoms with Crippen LogP contribution in [0.5, 0.6) is 0 Å². The lowest BCUT2D eigenvalue weighted by Crippen LogP contribution is -2.33. The Labute approximate surface area is 147 Å². The van der Waals surface area contributed by atoms with Crippen LogP contribution in [0.2, 0.25) is 0 Å². The third-order valence-electron chi connectivity index (χ3n) is 3.07. The number of rotatable bonds is 2. The molecule has 0 spiro atoms. The van der Waals surface area contributed by atoms with Gasteiger partial charge in [0.15, 0.2) is 0 Å². The minimum Gasteiger partial charge on any atom is -0.444 e. The van der Waals surface area contributed by atoms with Gasteiger partial charge in [0.25, 0.3) is 0 Å². The Morgan fingerprint density at radius 2 is 1.76 bits per heavy atom. The molecule has 25 heavy (non-hydrogen) atoms. The summed E-state index contributed by atoms with van der Waals surface area (Å²) >= 11 is 0. The fraction of sp³-hybridized carbons (Fsp3) is 0.500. The van der Waals surface area contributed by atoms with E-state index in [2.05, 4.69) is 10.3 Å². The van der Waals surface area contributed by atoms with Gasteiger partial charge in [-0.3, -0.25) is 4.98 Å². The number of hydrogen-bond acceptors (Lipinski definition) is 5. The molecule has 0 aliphatic carbocycles. The van der Waals surface area contributed by atoms with Crippen molar-refractivity contribution >= 4 is 23.1 Å². The van der Waals surface area contributed by atoms with Gasteiger partial charge in [-0.05, 0) is 53.7 Å². The fourth-order valence-corrected chi connectivity index (χ4v) is 2.23. The summed E-state index contributed by atoms with van der Waals surface area (Å²) in [4.78, 5) is 28.6. The zero-order valence-electron chi connectivity index (χ0n) is 15.5. The molecule has 2 rings (SSSR count). The van der Waals surface area contributed by atoms with Gasteiger partial charge in [-0.25, -0.2) is 14.2 Å². The number of nitrogens with zero attached hydrogens (tertiary/aromatic N) is 2. The van der Waals surface area contributed by atoms with E-state index in [1.807, 2.05) is 6.07 Å². The maximum atomic E-state index is 12.6. The molecule has 0 atom stereocenters. The van der Waals surface area contributed by atoms with Crippen LogP contribution in [-0.2, 0) is 16.0 Å². The lowest BCUT2D eigenvalue weighted by molar-refractivity contribution is 0.0498. The standard InChI is InChI=1S/C18H25N3O4/c1-17(2,3)24-15(22)20-10-13-9-12-7-8-19-11-14(12)21(13)16(23)25-18(4,5)6/h7-9,11H,10H2,1-6H3,(H,20,22). The topological polar surface area (TPSA) is 82.5 Å². The summed E-state index contributed by atoms with van der Waals surface area (Å²) in [6.45, 7) is 10.9. The molecule has 0 saturated carbocycles. The summed E-state index contributed by atoms with van der Waals surface area (Å²) in [5.74, 6) is 0. The number of ether oxygens (including phenoxy) is 2. The van der Waals surface area contributed by atoms with Crippen molar-refractivity contribution in [2.75, 3.05) is 0 Å². The van der Waals surface area contributed by atoms with Crippen LogP contribution in [0, 0.1) is 0 Å². The normalized spacial score (nSPS) is 12.1. The fourth-order valence-electron chi connectivity index (χ4n) is 2.23. The molecule has 7 heteroatoms. The smallest absolute Gasteiger partial charge is 0.419 e. The molecule has 0 aliphatic rings. The zero-order chi connectivity index (χ0) is 18.8. The molecule has 7 nitrogen and oxygen atoms in total. The third kappa shape index (κ3) is 5.20. The number of carbonyl (C=O) groups is 2. The Bertz CT molecular complexity index is 782. The molecule has 0 aromatic carbocycles. The monoisotopic (exact) mass is 347 g/mol. The van der Waals surface area contributed by atoms with Gasteiger partial charge in [0.2, 0.25) is 0 Å². The first kappa shape index (κ1) is 18.8. The molecule has 1 N–H and O–H groups in total. The summed E-state index contributed by atoms with van der Waals surface area (Å²) in [5.41, 5.74) is -0.0155. The summed E-state index contributed by atoms with van der Waals surface area (Å²) in [5, 5.41) is 3.50. The Morgan fingerprint density at radius 3 is 2.36 bits per heavy atom. The predicted molar refractivity (Wildman–Crippen MR) is 94.4 cm³/mol. The largest absolute Gasteiger partial charge is 0.444 e. The molecule has 0 unspecified atom stereocenters. The number of pyridine rings is 1. The van der Waals surface area contributed by atoms with E-state index in [1.54, 1.807) is 60.0 Å². The van der Waals surface area contributed by atoms with Crippen molar-refractivity contribution in [1.29, 1.82) is 0 Å². The Hall–Kier alpha value is -2.57. The van der Waals surface area contributed by atoms with E-state index in [0.29, 0.717) is 11.2 Å². The predicted octanol–water partition coefficient (Wildman–Crippen LogP) is 3.84. The minimum absolute atomic E-state index is 0.128. The maximum Gasteiger partial charge on any atom is 0.419 e. The highest BCUT2D eigenvalue weighted by Gasteiger charge is 2.23. The average molecular weight is 347 g/mol. The van der Waals surface area contributed by atoms with Crippen LogP contribution in [0.1, 0.15) is 47.2 Å². The van der Waals surface area contributed by atoms with E-state index in [1.165, 1.54) is 4.57 Å². The van der Waals surface area contributed by atoms with Gasteiger partial charge in [-0.1, -0.05) is 0 Å². The van der Waals surface area contributed by atoms with Gasteiger partial charge in [-0.15, -0.1) is 0 Å². The van der Waals surface area contributed by atoms with Crippen molar-refractivity contribution in [1.82, 2.24) is 14.9 Å². The highest BCUT2D eigenvalue weighted by molar-refractivity contribution is 5.90. The molecular weight excluding hydrogens is 322 g/mol. The molecule has 1 amide bonds. The first-order valence-electron chi connectivity index (χ1n) is 8.11. The second kappa shape index (κ2) is 6.74. The number of carbonyl (C=O) groups excluding carboxylic acids is 2. The molecule has 0 aliphatic heterocycles. The molecular formula is C18H25N3O4. The summed E-state index contributed by atoms with van der Waals surface area (Å²) in [6, 6.07) is 3.62. The van der Waals surface area contributed by atoms with Crippen molar-refractivity contribution in [3.8, 4) is 0 Å². The first-order valence-corrected chi connectivity index (χ1v) is 8.11. The number of amides is 1. The van der Waals surface area contributed by atoms with Crippen molar-refractivity contribution in [2.24, 2.45) is 0 Å². The Kier molecular flexibility index (Phi) is 5.06. The number of hydrogen-bond donors (Lipinski definition) is 1. The van der Waals surface area contributed by atoms with Crippen LogP contribution in [-0.4, -0.2) is 32.9 Å². The summed E-state index contributed by atoms with van der Waals surface area (Å²) in [6.07, 6.45) is 2.17. The maximum absolute atomic E-state index is 12.6. The zero-order valence-corrected chi connectivity index (χ0v) is 15.5. The van der Waals surface area contributed by atoms with Crippen LogP contribution in [0.15, 0.2) is 24.5 Å². The van der Waals surface area contributed by atoms with Gasteiger partial charge in [0.1, 0.15) is 11.2 Å². The highest BCUT2D eigenvalue weighted by atomic mass is 16.6. The van der Waals surface area contributed by atoms with Gasteiger partial charge in [0.05, 0.1) is 18.3 Å². The number of alkyl carbamates (subject to hydrolysis) is 1. The molecule has 136 valence electrons. The van der Waals surface area contributed by atoms with Crippen LogP contribution >= 0.6 is 0 Å². The van der Waals surface area contributed by atoms with Crippen molar-refractivity contribution in [2.45, 2.75) is 59.3 Å². The Morgan fingerprint density at radius 1 is 1.12 bits per heavy atom. The van der Waals surface area contributed by atoms with E-state index in [-0.39, 0.29) is 6.54 Å². The van der Waals surface area contributed by atoms with Gasteiger partial charge >= 0.3 is 12.2 Å². The van der Waals surface area contributed by atoms with Gasteiger partial charge in [-0.2, -0.15) is 0 Å². The molecule has 2 heterocycles. The van der Waals surface area contributed by atoms with Gasteiger partial charge in [0, 0.05) is 17.3 Å². The summed E-state index contributed by atoms with van der Waals surface area (Å²) < 4.78 is 12.1. The average Bonchev–Trinajstić information content (AvgIpc) is 2.79. The minimum atomic E-state index is -0.633. The van der Waals surface area contributed by atoms with E-state index in [9.17, 15) is 9.59 Å². The highest BCUT2D eigenvalue weighted by Crippen LogP contribution is 2.21. The number of aromatic nitrogens is 2. The second-order valence-electron chi connectivity index (χ2n) is 7.74. The van der Waals surface area contributed by atoms with E-state index in [0.717, 1.165) is 5.39 Å². The van der Waals surface area contributed by atoms with Crippen molar-refractivity contribution < 1.29 is 19.1 Å².